The van der Waals surface area contributed by atoms with Crippen LogP contribution in [0, 0.1) is 0 Å². The number of carbonyl (C=O) groups is 1. The lowest BCUT2D eigenvalue weighted by molar-refractivity contribution is -0.119. The van der Waals surface area contributed by atoms with E-state index in [-0.39, 0.29) is 12.5 Å². The highest BCUT2D eigenvalue weighted by atomic mass is 32.1. The average Bonchev–Trinajstić information content (AvgIpc) is 2.74. The molecule has 0 aliphatic heterocycles. The summed E-state index contributed by atoms with van der Waals surface area (Å²) in [5.74, 6) is 0.00829. The first kappa shape index (κ1) is 12.9. The zero-order chi connectivity index (χ0) is 11.8. The molecular formula is C10H18N4OS. The van der Waals surface area contributed by atoms with Gasteiger partial charge in [-0.05, 0) is 27.1 Å². The Balaban J connectivity index is 2.03. The van der Waals surface area contributed by atoms with Crippen molar-refractivity contribution in [3.63, 3.8) is 0 Å². The Morgan fingerprint density at radius 1 is 1.56 bits per heavy atom. The zero-order valence-corrected chi connectivity index (χ0v) is 10.5. The number of thiazole rings is 1. The minimum atomic E-state index is 0.00829. The van der Waals surface area contributed by atoms with Gasteiger partial charge >= 0.3 is 0 Å². The molecule has 1 aromatic rings. The lowest BCUT2D eigenvalue weighted by atomic mass is 10.4. The second-order valence-electron chi connectivity index (χ2n) is 3.70. The number of carbonyl (C=O) groups excluding carboxylic acids is 1. The molecule has 1 aromatic heterocycles. The summed E-state index contributed by atoms with van der Waals surface area (Å²) >= 11 is 1.49. The fourth-order valence-corrected chi connectivity index (χ4v) is 1.68. The minimum Gasteiger partial charge on any atom is -0.355 e. The Hall–Kier alpha value is -1.14. The molecule has 0 atom stereocenters. The summed E-state index contributed by atoms with van der Waals surface area (Å²) in [5, 5.41) is 8.46. The van der Waals surface area contributed by atoms with E-state index in [1.54, 1.807) is 6.20 Å². The van der Waals surface area contributed by atoms with Crippen LogP contribution in [0.25, 0.3) is 0 Å². The van der Waals surface area contributed by atoms with E-state index >= 15 is 0 Å². The van der Waals surface area contributed by atoms with Crippen LogP contribution in [-0.2, 0) is 4.79 Å². The highest BCUT2D eigenvalue weighted by Crippen LogP contribution is 2.08. The summed E-state index contributed by atoms with van der Waals surface area (Å²) in [6.45, 7) is 1.99. The third kappa shape index (κ3) is 5.67. The standard InChI is InChI=1S/C10H18N4OS/c1-14(2)6-3-4-11-9(15)8-13-10-12-5-7-16-10/h5,7H,3-4,6,8H2,1-2H3,(H,11,15)(H,12,13). The molecule has 0 saturated heterocycles. The molecule has 0 aliphatic rings. The predicted octanol–water partition coefficient (Wildman–Crippen LogP) is 0.623. The molecule has 90 valence electrons. The fraction of sp³-hybridized carbons (Fsp3) is 0.600. The van der Waals surface area contributed by atoms with Crippen molar-refractivity contribution in [2.24, 2.45) is 0 Å². The molecule has 0 fully saturated rings. The quantitative estimate of drug-likeness (QED) is 0.688. The van der Waals surface area contributed by atoms with E-state index in [1.807, 2.05) is 19.5 Å². The summed E-state index contributed by atoms with van der Waals surface area (Å²) in [5.41, 5.74) is 0. The van der Waals surface area contributed by atoms with E-state index < -0.39 is 0 Å². The first-order valence-corrected chi connectivity index (χ1v) is 6.11. The van der Waals surface area contributed by atoms with Gasteiger partial charge in [-0.1, -0.05) is 0 Å². The second kappa shape index (κ2) is 7.19. The van der Waals surface area contributed by atoms with Crippen LogP contribution in [0.1, 0.15) is 6.42 Å². The van der Waals surface area contributed by atoms with Crippen LogP contribution in [0.3, 0.4) is 0 Å². The Bertz CT molecular complexity index is 300. The van der Waals surface area contributed by atoms with Crippen molar-refractivity contribution in [3.8, 4) is 0 Å². The van der Waals surface area contributed by atoms with Gasteiger partial charge in [-0.2, -0.15) is 0 Å². The third-order valence-corrected chi connectivity index (χ3v) is 2.67. The molecule has 0 unspecified atom stereocenters. The highest BCUT2D eigenvalue weighted by molar-refractivity contribution is 7.13. The smallest absolute Gasteiger partial charge is 0.239 e. The lowest BCUT2D eigenvalue weighted by Crippen LogP contribution is -2.31. The van der Waals surface area contributed by atoms with Gasteiger partial charge < -0.3 is 15.5 Å². The maximum absolute atomic E-state index is 11.4. The van der Waals surface area contributed by atoms with Crippen LogP contribution >= 0.6 is 11.3 Å². The van der Waals surface area contributed by atoms with E-state index in [2.05, 4.69) is 20.5 Å². The van der Waals surface area contributed by atoms with Crippen molar-refractivity contribution >= 4 is 22.4 Å². The normalized spacial score (nSPS) is 10.4. The van der Waals surface area contributed by atoms with Crippen molar-refractivity contribution < 1.29 is 4.79 Å². The van der Waals surface area contributed by atoms with Crippen LogP contribution in [0.4, 0.5) is 5.13 Å². The average molecular weight is 242 g/mol. The molecule has 5 nitrogen and oxygen atoms in total. The molecule has 0 saturated carbocycles. The number of hydrogen-bond acceptors (Lipinski definition) is 5. The maximum Gasteiger partial charge on any atom is 0.239 e. The number of rotatable bonds is 7. The third-order valence-electron chi connectivity index (χ3n) is 1.94. The molecular weight excluding hydrogens is 224 g/mol. The number of aromatic nitrogens is 1. The van der Waals surface area contributed by atoms with Gasteiger partial charge in [0.05, 0.1) is 6.54 Å². The Kier molecular flexibility index (Phi) is 5.81. The predicted molar refractivity (Wildman–Crippen MR) is 66.8 cm³/mol. The summed E-state index contributed by atoms with van der Waals surface area (Å²) in [6, 6.07) is 0. The zero-order valence-electron chi connectivity index (χ0n) is 9.69. The van der Waals surface area contributed by atoms with Gasteiger partial charge in [0.15, 0.2) is 5.13 Å². The molecule has 0 aliphatic carbocycles. The van der Waals surface area contributed by atoms with Gasteiger partial charge in [-0.15, -0.1) is 11.3 Å². The van der Waals surface area contributed by atoms with Gasteiger partial charge in [0, 0.05) is 18.1 Å². The monoisotopic (exact) mass is 242 g/mol. The molecule has 16 heavy (non-hydrogen) atoms. The van der Waals surface area contributed by atoms with E-state index in [4.69, 9.17) is 0 Å². The molecule has 1 heterocycles. The topological polar surface area (TPSA) is 57.3 Å². The minimum absolute atomic E-state index is 0.00829. The molecule has 1 amide bonds. The van der Waals surface area contributed by atoms with E-state index in [0.29, 0.717) is 0 Å². The number of nitrogens with zero attached hydrogens (tertiary/aromatic N) is 2. The molecule has 0 aromatic carbocycles. The van der Waals surface area contributed by atoms with E-state index in [1.165, 1.54) is 11.3 Å². The van der Waals surface area contributed by atoms with Crippen molar-refractivity contribution in [2.45, 2.75) is 6.42 Å². The number of nitrogens with one attached hydrogen (secondary N) is 2. The fourth-order valence-electron chi connectivity index (χ4n) is 1.15. The summed E-state index contributed by atoms with van der Waals surface area (Å²) < 4.78 is 0. The van der Waals surface area contributed by atoms with E-state index in [0.717, 1.165) is 24.6 Å². The number of amides is 1. The van der Waals surface area contributed by atoms with Crippen LogP contribution in [0.2, 0.25) is 0 Å². The maximum atomic E-state index is 11.4. The number of anilines is 1. The van der Waals surface area contributed by atoms with Crippen molar-refractivity contribution in [1.29, 1.82) is 0 Å². The summed E-state index contributed by atoms with van der Waals surface area (Å²) in [4.78, 5) is 17.5. The van der Waals surface area contributed by atoms with Crippen LogP contribution < -0.4 is 10.6 Å². The van der Waals surface area contributed by atoms with Gasteiger partial charge in [0.1, 0.15) is 0 Å². The molecule has 2 N–H and O–H groups in total. The SMILES string of the molecule is CN(C)CCCNC(=O)CNc1nccs1. The van der Waals surface area contributed by atoms with Gasteiger partial charge in [-0.3, -0.25) is 4.79 Å². The molecule has 0 spiro atoms. The largest absolute Gasteiger partial charge is 0.355 e. The van der Waals surface area contributed by atoms with Crippen molar-refractivity contribution in [2.75, 3.05) is 39.0 Å². The van der Waals surface area contributed by atoms with Crippen LogP contribution in [0.5, 0.6) is 0 Å². The second-order valence-corrected chi connectivity index (χ2v) is 4.59. The molecule has 0 bridgehead atoms. The van der Waals surface area contributed by atoms with Crippen LogP contribution in [0.15, 0.2) is 11.6 Å². The first-order chi connectivity index (χ1) is 7.68. The Morgan fingerprint density at radius 3 is 3.00 bits per heavy atom. The highest BCUT2D eigenvalue weighted by Gasteiger charge is 2.01. The summed E-state index contributed by atoms with van der Waals surface area (Å²) in [6.07, 6.45) is 2.68. The van der Waals surface area contributed by atoms with Crippen molar-refractivity contribution in [3.05, 3.63) is 11.6 Å². The molecule has 6 heteroatoms. The number of hydrogen-bond donors (Lipinski definition) is 2. The van der Waals surface area contributed by atoms with Gasteiger partial charge in [0.25, 0.3) is 0 Å². The lowest BCUT2D eigenvalue weighted by Gasteiger charge is -2.09. The summed E-state index contributed by atoms with van der Waals surface area (Å²) in [7, 11) is 4.04. The van der Waals surface area contributed by atoms with Crippen molar-refractivity contribution in [1.82, 2.24) is 15.2 Å². The van der Waals surface area contributed by atoms with Crippen LogP contribution in [-0.4, -0.2) is 49.5 Å². The van der Waals surface area contributed by atoms with Gasteiger partial charge in [0.2, 0.25) is 5.91 Å². The first-order valence-electron chi connectivity index (χ1n) is 5.23. The molecule has 1 rings (SSSR count). The van der Waals surface area contributed by atoms with E-state index in [9.17, 15) is 4.79 Å². The Morgan fingerprint density at radius 2 is 2.38 bits per heavy atom. The molecule has 0 radical (unpaired) electrons. The Labute approximate surface area is 99.9 Å². The van der Waals surface area contributed by atoms with Gasteiger partial charge in [-0.25, -0.2) is 4.98 Å².